The summed E-state index contributed by atoms with van der Waals surface area (Å²) < 4.78 is 10.6. The van der Waals surface area contributed by atoms with Crippen LogP contribution in [0.5, 0.6) is 11.5 Å². The zero-order valence-electron chi connectivity index (χ0n) is 16.1. The van der Waals surface area contributed by atoms with Crippen molar-refractivity contribution >= 4 is 17.5 Å². The Morgan fingerprint density at radius 3 is 2.30 bits per heavy atom. The number of anilines is 1. The Morgan fingerprint density at radius 2 is 1.70 bits per heavy atom. The highest BCUT2D eigenvalue weighted by molar-refractivity contribution is 6.01. The van der Waals surface area contributed by atoms with Crippen LogP contribution in [0.1, 0.15) is 31.1 Å². The molecule has 0 saturated carbocycles. The van der Waals surface area contributed by atoms with Gasteiger partial charge in [-0.05, 0) is 49.2 Å². The minimum atomic E-state index is -0.686. The number of ether oxygens (including phenoxy) is 2. The molecule has 144 valence electrons. The summed E-state index contributed by atoms with van der Waals surface area (Å²) in [6.45, 7) is 6.14. The van der Waals surface area contributed by atoms with Crippen molar-refractivity contribution in [2.75, 3.05) is 19.0 Å². The van der Waals surface area contributed by atoms with Gasteiger partial charge in [0.25, 0.3) is 5.91 Å². The Hall–Kier alpha value is -3.02. The summed E-state index contributed by atoms with van der Waals surface area (Å²) in [5.74, 6) is 0.560. The number of methoxy groups -OCH3 is 1. The van der Waals surface area contributed by atoms with E-state index in [1.165, 1.54) is 0 Å². The van der Waals surface area contributed by atoms with E-state index in [2.05, 4.69) is 10.6 Å². The largest absolute Gasteiger partial charge is 0.497 e. The van der Waals surface area contributed by atoms with Crippen LogP contribution < -0.4 is 20.1 Å². The van der Waals surface area contributed by atoms with Crippen LogP contribution in [0.4, 0.5) is 5.69 Å². The second-order valence-electron chi connectivity index (χ2n) is 6.34. The topological polar surface area (TPSA) is 76.7 Å². The molecule has 0 fully saturated rings. The number of carbonyl (C=O) groups is 2. The van der Waals surface area contributed by atoms with Gasteiger partial charge >= 0.3 is 0 Å². The molecule has 2 rings (SSSR count). The maximum absolute atomic E-state index is 12.8. The van der Waals surface area contributed by atoms with Crippen LogP contribution in [0.25, 0.3) is 0 Å². The lowest BCUT2D eigenvalue weighted by atomic mass is 10.0. The summed E-state index contributed by atoms with van der Waals surface area (Å²) in [7, 11) is 1.56. The molecule has 0 heterocycles. The number of hydrogen-bond donors (Lipinski definition) is 2. The molecule has 0 bridgehead atoms. The van der Waals surface area contributed by atoms with E-state index in [0.717, 1.165) is 0 Å². The number of amides is 2. The SMILES string of the molecule is CCOc1ccccc1NC(=O)[C@H](NC(=O)c1ccc(OC)cc1)C(C)C. The molecule has 0 radical (unpaired) electrons. The normalized spacial score (nSPS) is 11.6. The second kappa shape index (κ2) is 9.62. The minimum Gasteiger partial charge on any atom is -0.497 e. The predicted molar refractivity (Wildman–Crippen MR) is 105 cm³/mol. The van der Waals surface area contributed by atoms with Crippen LogP contribution in [0, 0.1) is 5.92 Å². The predicted octanol–water partition coefficient (Wildman–Crippen LogP) is 3.49. The summed E-state index contributed by atoms with van der Waals surface area (Å²) >= 11 is 0. The molecular formula is C21H26N2O4. The maximum atomic E-state index is 12.8. The van der Waals surface area contributed by atoms with E-state index in [1.54, 1.807) is 43.5 Å². The van der Waals surface area contributed by atoms with Crippen molar-refractivity contribution in [2.45, 2.75) is 26.8 Å². The summed E-state index contributed by atoms with van der Waals surface area (Å²) in [5, 5.41) is 5.66. The van der Waals surface area contributed by atoms with Crippen molar-refractivity contribution in [3.05, 3.63) is 54.1 Å². The third kappa shape index (κ3) is 5.48. The van der Waals surface area contributed by atoms with Gasteiger partial charge < -0.3 is 20.1 Å². The highest BCUT2D eigenvalue weighted by Gasteiger charge is 2.25. The molecule has 0 aromatic heterocycles. The third-order valence-electron chi connectivity index (χ3n) is 4.03. The van der Waals surface area contributed by atoms with Gasteiger partial charge in [-0.1, -0.05) is 26.0 Å². The van der Waals surface area contributed by atoms with Crippen LogP contribution in [0.3, 0.4) is 0 Å². The van der Waals surface area contributed by atoms with Crippen molar-refractivity contribution in [3.63, 3.8) is 0 Å². The van der Waals surface area contributed by atoms with Crippen LogP contribution in [0.2, 0.25) is 0 Å². The van der Waals surface area contributed by atoms with Crippen LogP contribution in [-0.4, -0.2) is 31.6 Å². The molecule has 2 aromatic rings. The fourth-order valence-electron chi connectivity index (χ4n) is 2.56. The molecule has 2 amide bonds. The van der Waals surface area contributed by atoms with E-state index >= 15 is 0 Å². The molecule has 1 atom stereocenters. The number of benzene rings is 2. The Labute approximate surface area is 159 Å². The number of rotatable bonds is 8. The van der Waals surface area contributed by atoms with Crippen molar-refractivity contribution < 1.29 is 19.1 Å². The van der Waals surface area contributed by atoms with E-state index in [0.29, 0.717) is 29.4 Å². The molecule has 2 aromatic carbocycles. The molecule has 6 heteroatoms. The molecule has 0 saturated heterocycles. The van der Waals surface area contributed by atoms with Crippen LogP contribution in [-0.2, 0) is 4.79 Å². The van der Waals surface area contributed by atoms with Gasteiger partial charge in [-0.3, -0.25) is 9.59 Å². The quantitative estimate of drug-likeness (QED) is 0.746. The number of nitrogens with one attached hydrogen (secondary N) is 2. The smallest absolute Gasteiger partial charge is 0.251 e. The fraction of sp³-hybridized carbons (Fsp3) is 0.333. The summed E-state index contributed by atoms with van der Waals surface area (Å²) in [6, 6.07) is 13.3. The Morgan fingerprint density at radius 1 is 1.04 bits per heavy atom. The molecule has 0 spiro atoms. The van der Waals surface area contributed by atoms with Crippen molar-refractivity contribution in [1.29, 1.82) is 0 Å². The highest BCUT2D eigenvalue weighted by atomic mass is 16.5. The maximum Gasteiger partial charge on any atom is 0.251 e. The molecule has 0 aliphatic rings. The molecule has 27 heavy (non-hydrogen) atoms. The van der Waals surface area contributed by atoms with Crippen molar-refractivity contribution in [2.24, 2.45) is 5.92 Å². The zero-order valence-corrected chi connectivity index (χ0v) is 16.1. The van der Waals surface area contributed by atoms with Gasteiger partial charge in [0.05, 0.1) is 19.4 Å². The first-order chi connectivity index (χ1) is 13.0. The first kappa shape index (κ1) is 20.3. The zero-order chi connectivity index (χ0) is 19.8. The van der Waals surface area contributed by atoms with Gasteiger partial charge in [-0.15, -0.1) is 0 Å². The lowest BCUT2D eigenvalue weighted by molar-refractivity contribution is -0.118. The lowest BCUT2D eigenvalue weighted by Crippen LogP contribution is -2.47. The Kier molecular flexibility index (Phi) is 7.23. The van der Waals surface area contributed by atoms with Gasteiger partial charge in [-0.25, -0.2) is 0 Å². The number of para-hydroxylation sites is 2. The van der Waals surface area contributed by atoms with E-state index in [1.807, 2.05) is 32.9 Å². The summed E-state index contributed by atoms with van der Waals surface area (Å²) in [4.78, 5) is 25.3. The molecule has 0 unspecified atom stereocenters. The molecule has 0 aliphatic carbocycles. The molecule has 0 aliphatic heterocycles. The van der Waals surface area contributed by atoms with Gasteiger partial charge in [0, 0.05) is 5.56 Å². The third-order valence-corrected chi connectivity index (χ3v) is 4.03. The van der Waals surface area contributed by atoms with Crippen LogP contribution >= 0.6 is 0 Å². The average Bonchev–Trinajstić information content (AvgIpc) is 2.67. The van der Waals surface area contributed by atoms with E-state index < -0.39 is 6.04 Å². The lowest BCUT2D eigenvalue weighted by Gasteiger charge is -2.22. The van der Waals surface area contributed by atoms with Gasteiger partial charge in [0.2, 0.25) is 5.91 Å². The Bertz CT molecular complexity index is 772. The van der Waals surface area contributed by atoms with Gasteiger partial charge in [0.1, 0.15) is 17.5 Å². The van der Waals surface area contributed by atoms with Gasteiger partial charge in [-0.2, -0.15) is 0 Å². The van der Waals surface area contributed by atoms with Crippen molar-refractivity contribution in [3.8, 4) is 11.5 Å². The Balaban J connectivity index is 2.11. The van der Waals surface area contributed by atoms with Crippen molar-refractivity contribution in [1.82, 2.24) is 5.32 Å². The standard InChI is InChI=1S/C21H26N2O4/c1-5-27-18-9-7-6-8-17(18)22-21(25)19(14(2)3)23-20(24)15-10-12-16(26-4)13-11-15/h6-14,19H,5H2,1-4H3,(H,22,25)(H,23,24)/t19-/m1/s1. The first-order valence-corrected chi connectivity index (χ1v) is 8.93. The van der Waals surface area contributed by atoms with Crippen LogP contribution in [0.15, 0.2) is 48.5 Å². The molecular weight excluding hydrogens is 344 g/mol. The average molecular weight is 370 g/mol. The molecule has 2 N–H and O–H groups in total. The van der Waals surface area contributed by atoms with Gasteiger partial charge in [0.15, 0.2) is 0 Å². The van der Waals surface area contributed by atoms with E-state index in [9.17, 15) is 9.59 Å². The monoisotopic (exact) mass is 370 g/mol. The highest BCUT2D eigenvalue weighted by Crippen LogP contribution is 2.24. The number of carbonyl (C=O) groups excluding carboxylic acids is 2. The minimum absolute atomic E-state index is 0.0912. The fourth-order valence-corrected chi connectivity index (χ4v) is 2.56. The number of hydrogen-bond acceptors (Lipinski definition) is 4. The second-order valence-corrected chi connectivity index (χ2v) is 6.34. The first-order valence-electron chi connectivity index (χ1n) is 8.93. The van der Waals surface area contributed by atoms with E-state index in [-0.39, 0.29) is 17.7 Å². The molecule has 6 nitrogen and oxygen atoms in total. The summed E-state index contributed by atoms with van der Waals surface area (Å²) in [6.07, 6.45) is 0. The van der Waals surface area contributed by atoms with E-state index in [4.69, 9.17) is 9.47 Å². The summed E-state index contributed by atoms with van der Waals surface area (Å²) in [5.41, 5.74) is 1.04.